The summed E-state index contributed by atoms with van der Waals surface area (Å²) in [6, 6.07) is 62.7. The lowest BCUT2D eigenvalue weighted by Gasteiger charge is -2.12. The molecular weight excluding hydrogens is 597 g/mol. The lowest BCUT2D eigenvalue weighted by molar-refractivity contribution is 1.10. The van der Waals surface area contributed by atoms with Crippen molar-refractivity contribution in [2.75, 3.05) is 0 Å². The van der Waals surface area contributed by atoms with E-state index in [9.17, 15) is 0 Å². The molecule has 0 aliphatic carbocycles. The summed E-state index contributed by atoms with van der Waals surface area (Å²) in [5.74, 6) is 0.931. The number of hydrogen-bond donors (Lipinski definition) is 0. The molecule has 10 rings (SSSR count). The van der Waals surface area contributed by atoms with E-state index >= 15 is 0 Å². The van der Waals surface area contributed by atoms with E-state index in [1.54, 1.807) is 0 Å². The summed E-state index contributed by atoms with van der Waals surface area (Å²) in [5, 5.41) is 3.71. The minimum Gasteiger partial charge on any atom is -0.317 e. The SMILES string of the molecule is c1ccc(-n2c(-c3ccc(-n4c5ccccc5c5cc(-c6cccc(-n7ccc8ccccc87)c6)ccc54)cc3)nc3ccccc32)cc1. The summed E-state index contributed by atoms with van der Waals surface area (Å²) < 4.78 is 6.89. The number of nitrogens with zero attached hydrogens (tertiary/aromatic N) is 4. The first-order valence-electron chi connectivity index (χ1n) is 16.6. The number of rotatable bonds is 5. The van der Waals surface area contributed by atoms with Crippen LogP contribution in [0.15, 0.2) is 182 Å². The van der Waals surface area contributed by atoms with Gasteiger partial charge in [-0.2, -0.15) is 0 Å². The third-order valence-electron chi connectivity index (χ3n) is 9.69. The highest BCUT2D eigenvalue weighted by Crippen LogP contribution is 2.36. The Bertz CT molecular complexity index is 2820. The molecule has 4 heteroatoms. The molecular formula is C45H30N4. The Hall–Kier alpha value is -6.65. The van der Waals surface area contributed by atoms with E-state index in [4.69, 9.17) is 4.98 Å². The number of aromatic nitrogens is 4. The second-order valence-electron chi connectivity index (χ2n) is 12.5. The Morgan fingerprint density at radius 3 is 1.90 bits per heavy atom. The van der Waals surface area contributed by atoms with Gasteiger partial charge in [-0.1, -0.05) is 84.9 Å². The fourth-order valence-corrected chi connectivity index (χ4v) is 7.39. The number of para-hydroxylation sites is 5. The summed E-state index contributed by atoms with van der Waals surface area (Å²) in [6.45, 7) is 0. The molecule has 0 N–H and O–H groups in total. The lowest BCUT2D eigenvalue weighted by atomic mass is 10.0. The molecule has 7 aromatic carbocycles. The minimum absolute atomic E-state index is 0.931. The smallest absolute Gasteiger partial charge is 0.145 e. The highest BCUT2D eigenvalue weighted by Gasteiger charge is 2.17. The lowest BCUT2D eigenvalue weighted by Crippen LogP contribution is -1.98. The fourth-order valence-electron chi connectivity index (χ4n) is 7.39. The summed E-state index contributed by atoms with van der Waals surface area (Å²) >= 11 is 0. The Kier molecular flexibility index (Phi) is 6.15. The molecule has 3 aromatic heterocycles. The van der Waals surface area contributed by atoms with Crippen LogP contribution in [-0.2, 0) is 0 Å². The van der Waals surface area contributed by atoms with Gasteiger partial charge in [0, 0.05) is 39.6 Å². The molecule has 0 saturated carbocycles. The van der Waals surface area contributed by atoms with E-state index in [-0.39, 0.29) is 0 Å². The van der Waals surface area contributed by atoms with Crippen LogP contribution in [-0.4, -0.2) is 18.7 Å². The van der Waals surface area contributed by atoms with Crippen LogP contribution in [0.1, 0.15) is 0 Å². The number of imidazole rings is 1. The molecule has 0 aliphatic rings. The fraction of sp³-hybridized carbons (Fsp3) is 0. The first-order valence-corrected chi connectivity index (χ1v) is 16.6. The Balaban J connectivity index is 1.08. The second kappa shape index (κ2) is 11.0. The van der Waals surface area contributed by atoms with Crippen LogP contribution < -0.4 is 0 Å². The second-order valence-corrected chi connectivity index (χ2v) is 12.5. The first-order chi connectivity index (χ1) is 24.3. The molecule has 4 nitrogen and oxygen atoms in total. The maximum absolute atomic E-state index is 5.08. The van der Waals surface area contributed by atoms with Gasteiger partial charge in [0.15, 0.2) is 0 Å². The zero-order valence-electron chi connectivity index (χ0n) is 26.6. The molecule has 0 aliphatic heterocycles. The molecule has 10 aromatic rings. The zero-order chi connectivity index (χ0) is 32.3. The van der Waals surface area contributed by atoms with Gasteiger partial charge in [0.2, 0.25) is 0 Å². The molecule has 3 heterocycles. The maximum Gasteiger partial charge on any atom is 0.145 e. The Morgan fingerprint density at radius 2 is 1.02 bits per heavy atom. The third kappa shape index (κ3) is 4.42. The van der Waals surface area contributed by atoms with Crippen LogP contribution in [0.5, 0.6) is 0 Å². The standard InChI is InChI=1S/C45H30N4/c1-2-13-35(14-3-1)49-44-20-9-6-17-40(44)46-45(49)32-21-24-36(25-22-32)48-42-19-8-5-16-38(42)39-30-34(23-26-43(39)48)33-12-10-15-37(29-33)47-28-27-31-11-4-7-18-41(31)47/h1-30H. The van der Waals surface area contributed by atoms with Crippen molar-refractivity contribution in [1.29, 1.82) is 0 Å². The molecule has 0 bridgehead atoms. The van der Waals surface area contributed by atoms with E-state index in [2.05, 4.69) is 184 Å². The van der Waals surface area contributed by atoms with Gasteiger partial charge in [0.25, 0.3) is 0 Å². The van der Waals surface area contributed by atoms with Crippen LogP contribution >= 0.6 is 0 Å². The van der Waals surface area contributed by atoms with Gasteiger partial charge in [-0.15, -0.1) is 0 Å². The van der Waals surface area contributed by atoms with Crippen molar-refractivity contribution in [3.63, 3.8) is 0 Å². The van der Waals surface area contributed by atoms with Gasteiger partial charge in [-0.25, -0.2) is 4.98 Å². The van der Waals surface area contributed by atoms with E-state index in [1.165, 1.54) is 43.8 Å². The van der Waals surface area contributed by atoms with Gasteiger partial charge in [-0.3, -0.25) is 4.57 Å². The van der Waals surface area contributed by atoms with Crippen molar-refractivity contribution in [1.82, 2.24) is 18.7 Å². The van der Waals surface area contributed by atoms with Gasteiger partial charge in [-0.05, 0) is 108 Å². The molecule has 0 amide bonds. The molecule has 0 unspecified atom stereocenters. The van der Waals surface area contributed by atoms with Crippen molar-refractivity contribution in [2.24, 2.45) is 0 Å². The van der Waals surface area contributed by atoms with Crippen molar-refractivity contribution in [2.45, 2.75) is 0 Å². The maximum atomic E-state index is 5.08. The molecule has 0 fully saturated rings. The van der Waals surface area contributed by atoms with E-state index in [0.717, 1.165) is 39.5 Å². The Labute approximate surface area is 283 Å². The largest absolute Gasteiger partial charge is 0.317 e. The van der Waals surface area contributed by atoms with E-state index < -0.39 is 0 Å². The summed E-state index contributed by atoms with van der Waals surface area (Å²) in [4.78, 5) is 5.08. The number of fused-ring (bicyclic) bond motifs is 5. The molecule has 230 valence electrons. The van der Waals surface area contributed by atoms with Crippen LogP contribution in [0.4, 0.5) is 0 Å². The average Bonchev–Trinajstić information content (AvgIpc) is 3.87. The summed E-state index contributed by atoms with van der Waals surface area (Å²) in [7, 11) is 0. The van der Waals surface area contributed by atoms with Gasteiger partial charge in [0.05, 0.1) is 27.6 Å². The van der Waals surface area contributed by atoms with Crippen molar-refractivity contribution in [3.8, 4) is 39.6 Å². The number of hydrogen-bond acceptors (Lipinski definition) is 1. The van der Waals surface area contributed by atoms with Crippen LogP contribution in [0, 0.1) is 0 Å². The molecule has 0 atom stereocenters. The molecule has 0 spiro atoms. The van der Waals surface area contributed by atoms with Gasteiger partial charge < -0.3 is 9.13 Å². The van der Waals surface area contributed by atoms with Gasteiger partial charge in [0.1, 0.15) is 5.82 Å². The van der Waals surface area contributed by atoms with Crippen LogP contribution in [0.2, 0.25) is 0 Å². The van der Waals surface area contributed by atoms with E-state index in [1.807, 2.05) is 12.1 Å². The highest BCUT2D eigenvalue weighted by atomic mass is 15.1. The predicted octanol–water partition coefficient (Wildman–Crippen LogP) is 11.4. The van der Waals surface area contributed by atoms with Crippen molar-refractivity contribution in [3.05, 3.63) is 182 Å². The highest BCUT2D eigenvalue weighted by molar-refractivity contribution is 6.10. The number of benzene rings is 7. The van der Waals surface area contributed by atoms with Crippen LogP contribution in [0.25, 0.3) is 83.3 Å². The summed E-state index contributed by atoms with van der Waals surface area (Å²) in [6.07, 6.45) is 2.16. The van der Waals surface area contributed by atoms with Crippen molar-refractivity contribution >= 4 is 43.7 Å². The summed E-state index contributed by atoms with van der Waals surface area (Å²) in [5.41, 5.74) is 12.5. The van der Waals surface area contributed by atoms with Gasteiger partial charge >= 0.3 is 0 Å². The minimum atomic E-state index is 0.931. The van der Waals surface area contributed by atoms with Crippen molar-refractivity contribution < 1.29 is 0 Å². The van der Waals surface area contributed by atoms with E-state index in [0.29, 0.717) is 0 Å². The zero-order valence-corrected chi connectivity index (χ0v) is 26.6. The molecule has 0 saturated heterocycles. The average molecular weight is 627 g/mol. The van der Waals surface area contributed by atoms with Crippen LogP contribution in [0.3, 0.4) is 0 Å². The first kappa shape index (κ1) is 27.5. The normalized spacial score (nSPS) is 11.7. The third-order valence-corrected chi connectivity index (χ3v) is 9.69. The topological polar surface area (TPSA) is 27.7 Å². The Morgan fingerprint density at radius 1 is 0.367 bits per heavy atom. The quantitative estimate of drug-likeness (QED) is 0.187. The monoisotopic (exact) mass is 626 g/mol. The molecule has 49 heavy (non-hydrogen) atoms. The predicted molar refractivity (Wildman–Crippen MR) is 203 cm³/mol. The molecule has 0 radical (unpaired) electrons.